The first kappa shape index (κ1) is 19.0. The third-order valence-electron chi connectivity index (χ3n) is 3.18. The van der Waals surface area contributed by atoms with E-state index >= 15 is 0 Å². The minimum absolute atomic E-state index is 0.0287. The number of hydrogen-bond donors (Lipinski definition) is 1. The first-order valence-corrected chi connectivity index (χ1v) is 9.43. The van der Waals surface area contributed by atoms with E-state index in [0.717, 1.165) is 22.6 Å². The Morgan fingerprint density at radius 1 is 1.17 bits per heavy atom. The Morgan fingerprint density at radius 3 is 2.75 bits per heavy atom. The molecule has 0 saturated heterocycles. The maximum atomic E-state index is 11.7. The van der Waals surface area contributed by atoms with Gasteiger partial charge in [-0.1, -0.05) is 41.4 Å². The molecule has 24 heavy (non-hydrogen) atoms. The quantitative estimate of drug-likeness (QED) is 0.669. The molecule has 0 spiro atoms. The van der Waals surface area contributed by atoms with Crippen molar-refractivity contribution in [3.63, 3.8) is 0 Å². The summed E-state index contributed by atoms with van der Waals surface area (Å²) in [6.45, 7) is 2.61. The zero-order chi connectivity index (χ0) is 17.4. The number of carbonyl (C=O) groups is 1. The van der Waals surface area contributed by atoms with Crippen molar-refractivity contribution in [1.82, 2.24) is 5.32 Å². The number of aryl methyl sites for hydroxylation is 1. The normalized spacial score (nSPS) is 10.5. The third kappa shape index (κ3) is 6.63. The number of halogens is 2. The molecule has 0 saturated carbocycles. The zero-order valence-electron chi connectivity index (χ0n) is 13.4. The lowest BCUT2D eigenvalue weighted by Gasteiger charge is -2.08. The van der Waals surface area contributed by atoms with Crippen LogP contribution in [0.25, 0.3) is 0 Å². The summed E-state index contributed by atoms with van der Waals surface area (Å²) in [5.41, 5.74) is 2.22. The zero-order valence-corrected chi connectivity index (χ0v) is 15.7. The molecular formula is C18H19Cl2NO2S. The molecule has 0 unspecified atom stereocenters. The average molecular weight is 384 g/mol. The molecule has 0 bridgehead atoms. The van der Waals surface area contributed by atoms with Crippen molar-refractivity contribution in [1.29, 1.82) is 0 Å². The topological polar surface area (TPSA) is 38.3 Å². The van der Waals surface area contributed by atoms with Gasteiger partial charge in [0.2, 0.25) is 0 Å². The largest absolute Gasteiger partial charge is 0.484 e. The lowest BCUT2D eigenvalue weighted by Crippen LogP contribution is -2.30. The van der Waals surface area contributed by atoms with Crippen LogP contribution in [0, 0.1) is 6.92 Å². The average Bonchev–Trinajstić information content (AvgIpc) is 2.56. The Hall–Kier alpha value is -1.36. The maximum Gasteiger partial charge on any atom is 0.257 e. The first-order chi connectivity index (χ1) is 11.5. The Bertz CT molecular complexity index is 694. The van der Waals surface area contributed by atoms with Crippen molar-refractivity contribution in [3.05, 3.63) is 63.6 Å². The van der Waals surface area contributed by atoms with E-state index in [1.165, 1.54) is 0 Å². The van der Waals surface area contributed by atoms with Crippen molar-refractivity contribution in [2.24, 2.45) is 0 Å². The number of rotatable bonds is 8. The second-order valence-electron chi connectivity index (χ2n) is 5.26. The maximum absolute atomic E-state index is 11.7. The molecule has 2 rings (SSSR count). The fraction of sp³-hybridized carbons (Fsp3) is 0.278. The number of benzene rings is 2. The molecule has 0 aliphatic rings. The first-order valence-electron chi connectivity index (χ1n) is 7.52. The van der Waals surface area contributed by atoms with Gasteiger partial charge in [0.1, 0.15) is 5.75 Å². The number of hydrogen-bond acceptors (Lipinski definition) is 3. The van der Waals surface area contributed by atoms with Crippen LogP contribution < -0.4 is 10.1 Å². The second-order valence-corrected chi connectivity index (χ2v) is 7.18. The Kier molecular flexibility index (Phi) is 7.76. The van der Waals surface area contributed by atoms with Crippen LogP contribution >= 0.6 is 35.0 Å². The molecule has 3 nitrogen and oxygen atoms in total. The molecule has 0 fully saturated rings. The van der Waals surface area contributed by atoms with E-state index in [0.29, 0.717) is 22.3 Å². The van der Waals surface area contributed by atoms with Crippen LogP contribution in [0.3, 0.4) is 0 Å². The summed E-state index contributed by atoms with van der Waals surface area (Å²) in [4.78, 5) is 11.7. The fourth-order valence-corrected chi connectivity index (χ4v) is 3.11. The van der Waals surface area contributed by atoms with Gasteiger partial charge in [-0.05, 0) is 42.3 Å². The van der Waals surface area contributed by atoms with Gasteiger partial charge in [0.15, 0.2) is 6.61 Å². The molecular weight excluding hydrogens is 365 g/mol. The van der Waals surface area contributed by atoms with E-state index < -0.39 is 0 Å². The highest BCUT2D eigenvalue weighted by Gasteiger charge is 2.03. The van der Waals surface area contributed by atoms with Crippen LogP contribution in [0.4, 0.5) is 0 Å². The lowest BCUT2D eigenvalue weighted by molar-refractivity contribution is -0.122. The smallest absolute Gasteiger partial charge is 0.257 e. The van der Waals surface area contributed by atoms with E-state index in [-0.39, 0.29) is 12.5 Å². The predicted molar refractivity (Wildman–Crippen MR) is 102 cm³/mol. The van der Waals surface area contributed by atoms with E-state index in [1.54, 1.807) is 17.8 Å². The molecule has 0 atom stereocenters. The molecule has 128 valence electrons. The lowest BCUT2D eigenvalue weighted by atomic mass is 10.2. The van der Waals surface area contributed by atoms with E-state index in [4.69, 9.17) is 27.9 Å². The number of ether oxygens (including phenoxy) is 1. The summed E-state index contributed by atoms with van der Waals surface area (Å²) in [7, 11) is 0. The van der Waals surface area contributed by atoms with Gasteiger partial charge in [-0.3, -0.25) is 4.79 Å². The van der Waals surface area contributed by atoms with Crippen molar-refractivity contribution in [2.75, 3.05) is 18.9 Å². The molecule has 0 radical (unpaired) electrons. The van der Waals surface area contributed by atoms with Gasteiger partial charge >= 0.3 is 0 Å². The van der Waals surface area contributed by atoms with Gasteiger partial charge in [0.05, 0.1) is 10.0 Å². The van der Waals surface area contributed by atoms with Gasteiger partial charge in [0, 0.05) is 18.1 Å². The summed E-state index contributed by atoms with van der Waals surface area (Å²) in [6.07, 6.45) is 0. The van der Waals surface area contributed by atoms with Gasteiger partial charge in [0.25, 0.3) is 5.91 Å². The Labute approximate surface area is 156 Å². The molecule has 0 heterocycles. The van der Waals surface area contributed by atoms with E-state index in [9.17, 15) is 4.79 Å². The highest BCUT2D eigenvalue weighted by Crippen LogP contribution is 2.24. The van der Waals surface area contributed by atoms with Crippen LogP contribution in [-0.2, 0) is 10.5 Å². The van der Waals surface area contributed by atoms with Crippen LogP contribution in [0.5, 0.6) is 5.75 Å². The molecule has 0 aromatic heterocycles. The Morgan fingerprint density at radius 2 is 2.00 bits per heavy atom. The molecule has 0 aliphatic carbocycles. The predicted octanol–water partition coefficient (Wildman–Crippen LogP) is 4.73. The van der Waals surface area contributed by atoms with Crippen molar-refractivity contribution in [3.8, 4) is 5.75 Å². The monoisotopic (exact) mass is 383 g/mol. The molecule has 1 amide bonds. The fourth-order valence-electron chi connectivity index (χ4n) is 1.99. The highest BCUT2D eigenvalue weighted by molar-refractivity contribution is 7.98. The summed E-state index contributed by atoms with van der Waals surface area (Å²) < 4.78 is 5.45. The summed E-state index contributed by atoms with van der Waals surface area (Å²) in [5.74, 6) is 2.23. The van der Waals surface area contributed by atoms with Crippen LogP contribution in [0.2, 0.25) is 10.0 Å². The molecule has 6 heteroatoms. The van der Waals surface area contributed by atoms with Crippen molar-refractivity contribution in [2.45, 2.75) is 12.7 Å². The van der Waals surface area contributed by atoms with Gasteiger partial charge < -0.3 is 10.1 Å². The molecule has 2 aromatic carbocycles. The van der Waals surface area contributed by atoms with Crippen LogP contribution in [-0.4, -0.2) is 24.8 Å². The minimum Gasteiger partial charge on any atom is -0.484 e. The highest BCUT2D eigenvalue weighted by atomic mass is 35.5. The summed E-state index contributed by atoms with van der Waals surface area (Å²) >= 11 is 13.6. The van der Waals surface area contributed by atoms with Crippen molar-refractivity contribution >= 4 is 40.9 Å². The summed E-state index contributed by atoms with van der Waals surface area (Å²) in [6, 6.07) is 13.2. The standard InChI is InChI=1S/C18H19Cl2NO2S/c1-13-3-2-4-15(9-13)23-11-18(22)21-7-8-24-12-14-5-6-16(19)17(20)10-14/h2-6,9-10H,7-8,11-12H2,1H3,(H,21,22). The SMILES string of the molecule is Cc1cccc(OCC(=O)NCCSCc2ccc(Cl)c(Cl)c2)c1. The number of amides is 1. The van der Waals surface area contributed by atoms with Crippen LogP contribution in [0.15, 0.2) is 42.5 Å². The second kappa shape index (κ2) is 9.82. The number of thioether (sulfide) groups is 1. The van der Waals surface area contributed by atoms with Gasteiger partial charge in [-0.2, -0.15) is 11.8 Å². The molecule has 2 aromatic rings. The summed E-state index contributed by atoms with van der Waals surface area (Å²) in [5, 5.41) is 3.97. The van der Waals surface area contributed by atoms with E-state index in [1.807, 2.05) is 43.3 Å². The number of nitrogens with one attached hydrogen (secondary N) is 1. The minimum atomic E-state index is -0.119. The molecule has 1 N–H and O–H groups in total. The Balaban J connectivity index is 1.60. The van der Waals surface area contributed by atoms with Crippen LogP contribution in [0.1, 0.15) is 11.1 Å². The van der Waals surface area contributed by atoms with Crippen molar-refractivity contribution < 1.29 is 9.53 Å². The van der Waals surface area contributed by atoms with E-state index in [2.05, 4.69) is 5.32 Å². The van der Waals surface area contributed by atoms with Gasteiger partial charge in [-0.15, -0.1) is 0 Å². The number of carbonyl (C=O) groups excluding carboxylic acids is 1. The molecule has 0 aliphatic heterocycles. The third-order valence-corrected chi connectivity index (χ3v) is 4.95. The van der Waals surface area contributed by atoms with Gasteiger partial charge in [-0.25, -0.2) is 0 Å².